The minimum atomic E-state index is -0.715. The predicted octanol–water partition coefficient (Wildman–Crippen LogP) is 1.21. The lowest BCUT2D eigenvalue weighted by Crippen LogP contribution is -2.24. The summed E-state index contributed by atoms with van der Waals surface area (Å²) in [5.41, 5.74) is -0.00204. The number of thioether (sulfide) groups is 1. The number of hydrogen-bond acceptors (Lipinski definition) is 3. The van der Waals surface area contributed by atoms with Gasteiger partial charge in [0, 0.05) is 19.3 Å². The second-order valence-electron chi connectivity index (χ2n) is 4.92. The molecule has 0 spiro atoms. The van der Waals surface area contributed by atoms with Crippen LogP contribution in [-0.4, -0.2) is 46.5 Å². The lowest BCUT2D eigenvalue weighted by atomic mass is 10.1. The van der Waals surface area contributed by atoms with E-state index >= 15 is 0 Å². The second-order valence-corrected chi connectivity index (χ2v) is 6.11. The Morgan fingerprint density at radius 2 is 2.31 bits per heavy atom. The van der Waals surface area contributed by atoms with Crippen LogP contribution >= 0.6 is 11.8 Å². The van der Waals surface area contributed by atoms with E-state index in [1.807, 2.05) is 7.05 Å². The average Bonchev–Trinajstić information content (AvgIpc) is 2.88. The van der Waals surface area contributed by atoms with E-state index in [2.05, 4.69) is 0 Å². The van der Waals surface area contributed by atoms with Crippen LogP contribution in [0.25, 0.3) is 0 Å². The van der Waals surface area contributed by atoms with Gasteiger partial charge >= 0.3 is 5.97 Å². The quantitative estimate of drug-likeness (QED) is 0.788. The number of rotatable bonds is 5. The highest BCUT2D eigenvalue weighted by Crippen LogP contribution is 2.51. The highest BCUT2D eigenvalue weighted by atomic mass is 32.2. The van der Waals surface area contributed by atoms with E-state index in [1.54, 1.807) is 16.7 Å². The predicted molar refractivity (Wildman–Crippen MR) is 62.4 cm³/mol. The monoisotopic (exact) mass is 243 g/mol. The Bertz CT molecular complexity index is 314. The van der Waals surface area contributed by atoms with Crippen LogP contribution in [0.5, 0.6) is 0 Å². The van der Waals surface area contributed by atoms with Crippen molar-refractivity contribution in [1.82, 2.24) is 4.90 Å². The maximum absolute atomic E-state index is 11.7. The van der Waals surface area contributed by atoms with Crippen molar-refractivity contribution in [3.05, 3.63) is 0 Å². The van der Waals surface area contributed by atoms with Crippen molar-refractivity contribution < 1.29 is 14.7 Å². The molecule has 5 heteroatoms. The van der Waals surface area contributed by atoms with Crippen LogP contribution < -0.4 is 0 Å². The number of carboxylic acid groups (broad SMARTS) is 1. The highest BCUT2D eigenvalue weighted by Gasteiger charge is 2.45. The van der Waals surface area contributed by atoms with E-state index in [0.717, 1.165) is 31.6 Å². The van der Waals surface area contributed by atoms with Gasteiger partial charge in [0.05, 0.1) is 11.7 Å². The van der Waals surface area contributed by atoms with Crippen molar-refractivity contribution in [2.24, 2.45) is 5.41 Å². The van der Waals surface area contributed by atoms with Gasteiger partial charge < -0.3 is 10.0 Å². The molecule has 1 N–H and O–H groups in total. The third-order valence-electron chi connectivity index (χ3n) is 3.45. The zero-order chi connectivity index (χ0) is 11.8. The summed E-state index contributed by atoms with van der Waals surface area (Å²) in [6, 6.07) is 0. The van der Waals surface area contributed by atoms with Crippen LogP contribution in [0.15, 0.2) is 0 Å². The number of likely N-dealkylation sites (tertiary alicyclic amines) is 1. The van der Waals surface area contributed by atoms with Crippen molar-refractivity contribution >= 4 is 23.6 Å². The van der Waals surface area contributed by atoms with Crippen molar-refractivity contribution in [2.75, 3.05) is 19.3 Å². The molecular weight excluding hydrogens is 226 g/mol. The number of carbonyl (C=O) groups excluding carboxylic acids is 1. The molecule has 1 aliphatic carbocycles. The SMILES string of the molecule is CN1CCC(SCC2(CC(=O)O)CC2)C1=O. The standard InChI is InChI=1S/C11H17NO3S/c1-12-5-2-8(10(12)15)16-7-11(3-4-11)6-9(13)14/h8H,2-7H2,1H3,(H,13,14). The van der Waals surface area contributed by atoms with Gasteiger partial charge in [-0.2, -0.15) is 0 Å². The molecule has 90 valence electrons. The molecule has 2 rings (SSSR count). The van der Waals surface area contributed by atoms with Crippen LogP contribution in [-0.2, 0) is 9.59 Å². The first-order chi connectivity index (χ1) is 7.52. The molecule has 2 aliphatic rings. The molecule has 1 saturated heterocycles. The molecule has 1 unspecified atom stereocenters. The van der Waals surface area contributed by atoms with Gasteiger partial charge in [0.25, 0.3) is 0 Å². The maximum Gasteiger partial charge on any atom is 0.303 e. The summed E-state index contributed by atoms with van der Waals surface area (Å²) in [4.78, 5) is 24.1. The molecule has 0 radical (unpaired) electrons. The summed E-state index contributed by atoms with van der Waals surface area (Å²) in [6.45, 7) is 0.836. The van der Waals surface area contributed by atoms with Gasteiger partial charge in [0.15, 0.2) is 0 Å². The van der Waals surface area contributed by atoms with Crippen LogP contribution in [0.2, 0.25) is 0 Å². The average molecular weight is 243 g/mol. The summed E-state index contributed by atoms with van der Waals surface area (Å²) >= 11 is 1.65. The molecule has 4 nitrogen and oxygen atoms in total. The Kier molecular flexibility index (Phi) is 3.15. The normalized spacial score (nSPS) is 27.2. The molecule has 1 aliphatic heterocycles. The van der Waals surface area contributed by atoms with Gasteiger partial charge in [-0.1, -0.05) is 0 Å². The van der Waals surface area contributed by atoms with Gasteiger partial charge in [-0.15, -0.1) is 11.8 Å². The van der Waals surface area contributed by atoms with Crippen LogP contribution in [0, 0.1) is 5.41 Å². The molecule has 0 aromatic rings. The fourth-order valence-corrected chi connectivity index (χ4v) is 3.63. The number of carboxylic acids is 1. The number of aliphatic carboxylic acids is 1. The Hall–Kier alpha value is -0.710. The van der Waals surface area contributed by atoms with Crippen molar-refractivity contribution in [3.8, 4) is 0 Å². The van der Waals surface area contributed by atoms with E-state index in [0.29, 0.717) is 0 Å². The highest BCUT2D eigenvalue weighted by molar-refractivity contribution is 8.00. The third-order valence-corrected chi connectivity index (χ3v) is 5.07. The smallest absolute Gasteiger partial charge is 0.303 e. The fourth-order valence-electron chi connectivity index (χ4n) is 2.09. The lowest BCUT2D eigenvalue weighted by molar-refractivity contribution is -0.138. The molecule has 1 atom stereocenters. The molecule has 2 fully saturated rings. The molecule has 1 amide bonds. The van der Waals surface area contributed by atoms with Gasteiger partial charge in [-0.05, 0) is 24.7 Å². The summed E-state index contributed by atoms with van der Waals surface area (Å²) in [5, 5.41) is 8.86. The van der Waals surface area contributed by atoms with Gasteiger partial charge in [-0.3, -0.25) is 9.59 Å². The Balaban J connectivity index is 1.80. The van der Waals surface area contributed by atoms with Crippen LogP contribution in [0.1, 0.15) is 25.7 Å². The summed E-state index contributed by atoms with van der Waals surface area (Å²) in [6.07, 6.45) is 3.17. The van der Waals surface area contributed by atoms with Gasteiger partial charge in [-0.25, -0.2) is 0 Å². The molecule has 0 aromatic heterocycles. The lowest BCUT2D eigenvalue weighted by Gasteiger charge is -2.15. The topological polar surface area (TPSA) is 57.6 Å². The first-order valence-corrected chi connectivity index (χ1v) is 6.66. The number of nitrogens with zero attached hydrogens (tertiary/aromatic N) is 1. The third kappa shape index (κ3) is 2.51. The summed E-state index contributed by atoms with van der Waals surface area (Å²) in [7, 11) is 1.83. The maximum atomic E-state index is 11.7. The van der Waals surface area contributed by atoms with Gasteiger partial charge in [0.1, 0.15) is 0 Å². The minimum absolute atomic E-state index is 0.00204. The molecule has 0 bridgehead atoms. The number of amides is 1. The molecular formula is C11H17NO3S. The van der Waals surface area contributed by atoms with Crippen molar-refractivity contribution in [1.29, 1.82) is 0 Å². The molecule has 0 aromatic carbocycles. The zero-order valence-corrected chi connectivity index (χ0v) is 10.3. The molecule has 1 heterocycles. The minimum Gasteiger partial charge on any atom is -0.481 e. The summed E-state index contributed by atoms with van der Waals surface area (Å²) < 4.78 is 0. The van der Waals surface area contributed by atoms with E-state index in [9.17, 15) is 9.59 Å². The zero-order valence-electron chi connectivity index (χ0n) is 9.44. The first kappa shape index (κ1) is 11.8. The van der Waals surface area contributed by atoms with Crippen LogP contribution in [0.3, 0.4) is 0 Å². The summed E-state index contributed by atoms with van der Waals surface area (Å²) in [5.74, 6) is 0.313. The number of hydrogen-bond donors (Lipinski definition) is 1. The van der Waals surface area contributed by atoms with E-state index < -0.39 is 5.97 Å². The van der Waals surface area contributed by atoms with E-state index in [-0.39, 0.29) is 23.0 Å². The molecule has 1 saturated carbocycles. The van der Waals surface area contributed by atoms with Crippen LogP contribution in [0.4, 0.5) is 0 Å². The second kappa shape index (κ2) is 4.28. The first-order valence-electron chi connectivity index (χ1n) is 5.61. The van der Waals surface area contributed by atoms with E-state index in [4.69, 9.17) is 5.11 Å². The van der Waals surface area contributed by atoms with Crippen molar-refractivity contribution in [2.45, 2.75) is 30.9 Å². The van der Waals surface area contributed by atoms with Gasteiger partial charge in [0.2, 0.25) is 5.91 Å². The largest absolute Gasteiger partial charge is 0.481 e. The number of carbonyl (C=O) groups is 2. The Morgan fingerprint density at radius 1 is 1.62 bits per heavy atom. The Labute approximate surface area is 99.4 Å². The Morgan fingerprint density at radius 3 is 2.75 bits per heavy atom. The molecule has 16 heavy (non-hydrogen) atoms. The van der Waals surface area contributed by atoms with Crippen molar-refractivity contribution in [3.63, 3.8) is 0 Å². The fraction of sp³-hybridized carbons (Fsp3) is 0.818. The van der Waals surface area contributed by atoms with E-state index in [1.165, 1.54) is 0 Å².